The maximum Gasteiger partial charge on any atom is 0.315 e. The highest BCUT2D eigenvalue weighted by molar-refractivity contribution is 5.74. The lowest BCUT2D eigenvalue weighted by Crippen LogP contribution is -2.68. The van der Waals surface area contributed by atoms with Gasteiger partial charge in [0.25, 0.3) is 0 Å². The molecule has 2 fully saturated rings. The highest BCUT2D eigenvalue weighted by Crippen LogP contribution is 2.47. The smallest absolute Gasteiger partial charge is 0.315 e. The zero-order chi connectivity index (χ0) is 9.42. The van der Waals surface area contributed by atoms with E-state index >= 15 is 0 Å². The highest BCUT2D eigenvalue weighted by Gasteiger charge is 2.52. The molecular formula is C10H18NO2+. The molecular weight excluding hydrogens is 166 g/mol. The van der Waals surface area contributed by atoms with Gasteiger partial charge >= 0.3 is 5.97 Å². The number of hydrogen-bond donors (Lipinski definition) is 1. The van der Waals surface area contributed by atoms with Gasteiger partial charge in [-0.2, -0.15) is 0 Å². The van der Waals surface area contributed by atoms with Crippen LogP contribution in [-0.4, -0.2) is 18.6 Å². The summed E-state index contributed by atoms with van der Waals surface area (Å²) in [7, 11) is 0. The van der Waals surface area contributed by atoms with E-state index in [1.807, 2.05) is 6.92 Å². The Morgan fingerprint density at radius 3 is 2.69 bits per heavy atom. The quantitative estimate of drug-likeness (QED) is 0.623. The molecule has 2 bridgehead atoms. The highest BCUT2D eigenvalue weighted by atomic mass is 16.5. The van der Waals surface area contributed by atoms with Crippen LogP contribution in [0.2, 0.25) is 0 Å². The standard InChI is InChI=1S/C10H17NO2/c1-2-13-10(12)8-6-3-4-7(5-6)9(8)11/h6-9H,2-5,11H2,1H3/p+1/t6-,7-,8+,9-/m0/s1. The van der Waals surface area contributed by atoms with Crippen molar-refractivity contribution in [2.45, 2.75) is 32.2 Å². The largest absolute Gasteiger partial charge is 0.466 e. The predicted molar refractivity (Wildman–Crippen MR) is 47.6 cm³/mol. The Kier molecular flexibility index (Phi) is 2.28. The molecule has 0 saturated heterocycles. The van der Waals surface area contributed by atoms with Crippen LogP contribution in [-0.2, 0) is 9.53 Å². The Labute approximate surface area is 78.6 Å². The molecule has 0 unspecified atom stereocenters. The fourth-order valence-electron chi connectivity index (χ4n) is 3.02. The van der Waals surface area contributed by atoms with Gasteiger partial charge in [-0.25, -0.2) is 0 Å². The molecule has 0 aliphatic heterocycles. The second kappa shape index (κ2) is 3.29. The zero-order valence-corrected chi connectivity index (χ0v) is 8.16. The summed E-state index contributed by atoms with van der Waals surface area (Å²) >= 11 is 0. The van der Waals surface area contributed by atoms with E-state index < -0.39 is 0 Å². The third-order valence-electron chi connectivity index (χ3n) is 3.65. The van der Waals surface area contributed by atoms with Crippen LogP contribution in [0.1, 0.15) is 26.2 Å². The molecule has 2 rings (SSSR count). The van der Waals surface area contributed by atoms with Gasteiger partial charge in [-0.05, 0) is 32.1 Å². The first kappa shape index (κ1) is 9.00. The van der Waals surface area contributed by atoms with Gasteiger partial charge in [0.05, 0.1) is 6.61 Å². The van der Waals surface area contributed by atoms with Gasteiger partial charge in [0.2, 0.25) is 0 Å². The lowest BCUT2D eigenvalue weighted by molar-refractivity contribution is -0.440. The number of hydrogen-bond acceptors (Lipinski definition) is 2. The Morgan fingerprint density at radius 1 is 1.46 bits per heavy atom. The van der Waals surface area contributed by atoms with Crippen molar-refractivity contribution in [1.29, 1.82) is 0 Å². The second-order valence-corrected chi connectivity index (χ2v) is 4.27. The number of carbonyl (C=O) groups excluding carboxylic acids is 1. The van der Waals surface area contributed by atoms with Gasteiger partial charge in [-0.15, -0.1) is 0 Å². The first-order chi connectivity index (χ1) is 6.24. The van der Waals surface area contributed by atoms with Gasteiger partial charge in [0.1, 0.15) is 12.0 Å². The van der Waals surface area contributed by atoms with Crippen LogP contribution in [0, 0.1) is 17.8 Å². The normalized spacial score (nSPS) is 42.3. The number of rotatable bonds is 2. The summed E-state index contributed by atoms with van der Waals surface area (Å²) in [6.07, 6.45) is 3.69. The Morgan fingerprint density at radius 2 is 2.15 bits per heavy atom. The summed E-state index contributed by atoms with van der Waals surface area (Å²) in [5.74, 6) is 1.37. The Balaban J connectivity index is 2.03. The number of ether oxygens (including phenoxy) is 1. The molecule has 0 aromatic carbocycles. The molecule has 4 atom stereocenters. The van der Waals surface area contributed by atoms with E-state index in [2.05, 4.69) is 5.73 Å². The molecule has 2 aliphatic rings. The van der Waals surface area contributed by atoms with Crippen molar-refractivity contribution < 1.29 is 15.3 Å². The van der Waals surface area contributed by atoms with E-state index in [1.165, 1.54) is 19.3 Å². The summed E-state index contributed by atoms with van der Waals surface area (Å²) < 4.78 is 5.07. The van der Waals surface area contributed by atoms with Crippen LogP contribution in [0.4, 0.5) is 0 Å². The average Bonchev–Trinajstić information content (AvgIpc) is 2.63. The predicted octanol–water partition coefficient (Wildman–Crippen LogP) is 0.206. The number of fused-ring (bicyclic) bond motifs is 2. The van der Waals surface area contributed by atoms with Crippen LogP contribution in [0.5, 0.6) is 0 Å². The summed E-state index contributed by atoms with van der Waals surface area (Å²) in [5.41, 5.74) is 4.10. The maximum atomic E-state index is 11.6. The molecule has 0 aromatic rings. The fraction of sp³-hybridized carbons (Fsp3) is 0.900. The molecule has 0 heterocycles. The molecule has 3 N–H and O–H groups in total. The summed E-state index contributed by atoms with van der Waals surface area (Å²) in [4.78, 5) is 11.6. The number of quaternary nitrogens is 1. The second-order valence-electron chi connectivity index (χ2n) is 4.27. The molecule has 2 saturated carbocycles. The van der Waals surface area contributed by atoms with E-state index in [1.54, 1.807) is 0 Å². The van der Waals surface area contributed by atoms with E-state index in [4.69, 9.17) is 4.74 Å². The molecule has 13 heavy (non-hydrogen) atoms. The lowest BCUT2D eigenvalue weighted by Gasteiger charge is -2.23. The van der Waals surface area contributed by atoms with Crippen molar-refractivity contribution in [3.05, 3.63) is 0 Å². The van der Waals surface area contributed by atoms with Crippen molar-refractivity contribution in [2.75, 3.05) is 6.61 Å². The first-order valence-corrected chi connectivity index (χ1v) is 5.23. The first-order valence-electron chi connectivity index (χ1n) is 5.23. The van der Waals surface area contributed by atoms with Crippen molar-refractivity contribution in [3.8, 4) is 0 Å². The molecule has 74 valence electrons. The van der Waals surface area contributed by atoms with Gasteiger partial charge in [-0.1, -0.05) is 0 Å². The van der Waals surface area contributed by atoms with E-state index in [0.717, 1.165) is 0 Å². The van der Waals surface area contributed by atoms with E-state index in [0.29, 0.717) is 24.5 Å². The van der Waals surface area contributed by atoms with Gasteiger partial charge in [0.15, 0.2) is 0 Å². The SMILES string of the molecule is CCOC(=O)[C@@H]1[C@H]2CC[C@@H](C2)[C@@H]1[NH3+]. The van der Waals surface area contributed by atoms with Crippen LogP contribution >= 0.6 is 0 Å². The molecule has 0 spiro atoms. The fourth-order valence-corrected chi connectivity index (χ4v) is 3.02. The van der Waals surface area contributed by atoms with Crippen LogP contribution < -0.4 is 5.73 Å². The van der Waals surface area contributed by atoms with Crippen molar-refractivity contribution in [2.24, 2.45) is 17.8 Å². The molecule has 0 aromatic heterocycles. The number of carbonyl (C=O) groups is 1. The van der Waals surface area contributed by atoms with Crippen LogP contribution in [0.25, 0.3) is 0 Å². The van der Waals surface area contributed by atoms with Crippen molar-refractivity contribution in [3.63, 3.8) is 0 Å². The molecule has 3 heteroatoms. The summed E-state index contributed by atoms with van der Waals surface area (Å²) in [6.45, 7) is 2.36. The monoisotopic (exact) mass is 184 g/mol. The van der Waals surface area contributed by atoms with E-state index in [-0.39, 0.29) is 11.9 Å². The van der Waals surface area contributed by atoms with E-state index in [9.17, 15) is 4.79 Å². The summed E-state index contributed by atoms with van der Waals surface area (Å²) in [5, 5.41) is 0. The molecule has 0 amide bonds. The Bertz CT molecular complexity index is 215. The van der Waals surface area contributed by atoms with Gasteiger partial charge in [0, 0.05) is 5.92 Å². The van der Waals surface area contributed by atoms with Crippen molar-refractivity contribution in [1.82, 2.24) is 0 Å². The van der Waals surface area contributed by atoms with Gasteiger partial charge in [-0.3, -0.25) is 4.79 Å². The average molecular weight is 184 g/mol. The zero-order valence-electron chi connectivity index (χ0n) is 8.16. The maximum absolute atomic E-state index is 11.6. The molecule has 3 nitrogen and oxygen atoms in total. The minimum Gasteiger partial charge on any atom is -0.466 e. The third-order valence-corrected chi connectivity index (χ3v) is 3.65. The minimum atomic E-state index is -0.00491. The van der Waals surface area contributed by atoms with Crippen LogP contribution in [0.15, 0.2) is 0 Å². The van der Waals surface area contributed by atoms with Crippen LogP contribution in [0.3, 0.4) is 0 Å². The third kappa shape index (κ3) is 1.35. The summed E-state index contributed by atoms with van der Waals surface area (Å²) in [6, 6.07) is 0.317. The number of esters is 1. The lowest BCUT2D eigenvalue weighted by atomic mass is 9.85. The van der Waals surface area contributed by atoms with Gasteiger partial charge < -0.3 is 10.5 Å². The molecule has 0 radical (unpaired) electrons. The molecule has 2 aliphatic carbocycles. The Hall–Kier alpha value is -0.570. The minimum absolute atomic E-state index is 0.00491. The van der Waals surface area contributed by atoms with Crippen molar-refractivity contribution >= 4 is 5.97 Å². The topological polar surface area (TPSA) is 53.9 Å².